The number of aromatic nitrogens is 5. The van der Waals surface area contributed by atoms with Crippen LogP contribution in [0.4, 0.5) is 0 Å². The fourth-order valence-corrected chi connectivity index (χ4v) is 3.40. The molecule has 1 aromatic carbocycles. The molecule has 0 radical (unpaired) electrons. The smallest absolute Gasteiger partial charge is 0.278 e. The summed E-state index contributed by atoms with van der Waals surface area (Å²) >= 11 is 1.64. The largest absolute Gasteiger partial charge is 0.332 e. The highest BCUT2D eigenvalue weighted by molar-refractivity contribution is 7.13. The van der Waals surface area contributed by atoms with Gasteiger partial charge in [-0.15, -0.1) is 11.3 Å². The SMILES string of the molecule is c1csc(-c2cc(-c3nc(-c4nccc5ccccc45)no3)n[nH]2)c1. The first-order valence-electron chi connectivity index (χ1n) is 7.66. The Bertz CT molecular complexity index is 1150. The summed E-state index contributed by atoms with van der Waals surface area (Å²) in [6.45, 7) is 0. The summed E-state index contributed by atoms with van der Waals surface area (Å²) in [6.07, 6.45) is 1.75. The molecule has 120 valence electrons. The lowest BCUT2D eigenvalue weighted by Crippen LogP contribution is -1.88. The Morgan fingerprint density at radius 2 is 2.00 bits per heavy atom. The van der Waals surface area contributed by atoms with Gasteiger partial charge in [0.1, 0.15) is 5.69 Å². The van der Waals surface area contributed by atoms with Crippen LogP contribution in [0.5, 0.6) is 0 Å². The predicted molar refractivity (Wildman–Crippen MR) is 95.9 cm³/mol. The van der Waals surface area contributed by atoms with Gasteiger partial charge in [-0.2, -0.15) is 10.1 Å². The van der Waals surface area contributed by atoms with Crippen molar-refractivity contribution in [3.05, 3.63) is 60.1 Å². The third kappa shape index (κ3) is 2.41. The molecule has 0 saturated carbocycles. The third-order valence-electron chi connectivity index (χ3n) is 3.90. The van der Waals surface area contributed by atoms with E-state index in [1.807, 2.05) is 53.9 Å². The number of hydrogen-bond acceptors (Lipinski definition) is 6. The highest BCUT2D eigenvalue weighted by Crippen LogP contribution is 2.28. The molecule has 0 atom stereocenters. The summed E-state index contributed by atoms with van der Waals surface area (Å²) in [4.78, 5) is 10.0. The molecule has 1 N–H and O–H groups in total. The van der Waals surface area contributed by atoms with E-state index in [0.29, 0.717) is 23.1 Å². The number of thiophene rings is 1. The fraction of sp³-hybridized carbons (Fsp3) is 0. The van der Waals surface area contributed by atoms with Crippen LogP contribution < -0.4 is 0 Å². The van der Waals surface area contributed by atoms with Crippen molar-refractivity contribution in [3.63, 3.8) is 0 Å². The number of rotatable bonds is 3. The molecule has 0 aliphatic heterocycles. The maximum absolute atomic E-state index is 5.40. The summed E-state index contributed by atoms with van der Waals surface area (Å²) < 4.78 is 5.40. The van der Waals surface area contributed by atoms with Crippen LogP contribution in [0.3, 0.4) is 0 Å². The lowest BCUT2D eigenvalue weighted by atomic mass is 10.1. The number of pyridine rings is 1. The second kappa shape index (κ2) is 5.64. The normalized spacial score (nSPS) is 11.2. The fourth-order valence-electron chi connectivity index (χ4n) is 2.71. The van der Waals surface area contributed by atoms with E-state index in [2.05, 4.69) is 25.3 Å². The summed E-state index contributed by atoms with van der Waals surface area (Å²) in [6, 6.07) is 15.9. The minimum atomic E-state index is 0.365. The number of nitrogens with one attached hydrogen (secondary N) is 1. The standard InChI is InChI=1S/C18H11N5OS/c1-2-5-12-11(4-1)7-8-19-16(12)17-20-18(24-23-17)14-10-13(21-22-14)15-6-3-9-25-15/h1-10H,(H,21,22). The van der Waals surface area contributed by atoms with E-state index in [0.717, 1.165) is 21.3 Å². The summed E-state index contributed by atoms with van der Waals surface area (Å²) in [5.74, 6) is 0.816. The Morgan fingerprint density at radius 3 is 2.92 bits per heavy atom. The van der Waals surface area contributed by atoms with Crippen LogP contribution >= 0.6 is 11.3 Å². The molecule has 0 fully saturated rings. The lowest BCUT2D eigenvalue weighted by molar-refractivity contribution is 0.431. The van der Waals surface area contributed by atoms with Crippen LogP contribution in [-0.4, -0.2) is 25.3 Å². The minimum Gasteiger partial charge on any atom is -0.332 e. The molecule has 0 aliphatic carbocycles. The van der Waals surface area contributed by atoms with Gasteiger partial charge in [-0.05, 0) is 29.0 Å². The lowest BCUT2D eigenvalue weighted by Gasteiger charge is -2.00. The molecular weight excluding hydrogens is 334 g/mol. The highest BCUT2D eigenvalue weighted by atomic mass is 32.1. The number of nitrogens with zero attached hydrogens (tertiary/aromatic N) is 4. The molecule has 6 nitrogen and oxygen atoms in total. The van der Waals surface area contributed by atoms with Crippen LogP contribution in [0.1, 0.15) is 0 Å². The number of H-pyrrole nitrogens is 1. The molecule has 5 aromatic rings. The zero-order chi connectivity index (χ0) is 16.6. The zero-order valence-corrected chi connectivity index (χ0v) is 13.7. The highest BCUT2D eigenvalue weighted by Gasteiger charge is 2.16. The van der Waals surface area contributed by atoms with Crippen molar-refractivity contribution < 1.29 is 4.52 Å². The monoisotopic (exact) mass is 345 g/mol. The van der Waals surface area contributed by atoms with E-state index < -0.39 is 0 Å². The number of benzene rings is 1. The van der Waals surface area contributed by atoms with E-state index in [-0.39, 0.29) is 0 Å². The predicted octanol–water partition coefficient (Wildman–Crippen LogP) is 4.40. The van der Waals surface area contributed by atoms with Gasteiger partial charge in [0, 0.05) is 11.6 Å². The average Bonchev–Trinajstić information content (AvgIpc) is 3.41. The third-order valence-corrected chi connectivity index (χ3v) is 4.80. The van der Waals surface area contributed by atoms with E-state index in [1.54, 1.807) is 17.5 Å². The topological polar surface area (TPSA) is 80.5 Å². The quantitative estimate of drug-likeness (QED) is 0.524. The molecule has 5 rings (SSSR count). The summed E-state index contributed by atoms with van der Waals surface area (Å²) in [5, 5.41) is 15.5. The van der Waals surface area contributed by atoms with E-state index in [9.17, 15) is 0 Å². The molecule has 0 bridgehead atoms. The number of aromatic amines is 1. The molecule has 7 heteroatoms. The maximum Gasteiger partial charge on any atom is 0.278 e. The van der Waals surface area contributed by atoms with Gasteiger partial charge in [-0.3, -0.25) is 10.1 Å². The Hall–Kier alpha value is -3.32. The van der Waals surface area contributed by atoms with Crippen LogP contribution in [0.25, 0.3) is 44.4 Å². The first kappa shape index (κ1) is 14.1. The van der Waals surface area contributed by atoms with Gasteiger partial charge in [0.15, 0.2) is 5.69 Å². The first-order chi connectivity index (χ1) is 12.4. The van der Waals surface area contributed by atoms with Crippen molar-refractivity contribution in [2.45, 2.75) is 0 Å². The molecule has 25 heavy (non-hydrogen) atoms. The van der Waals surface area contributed by atoms with Crippen molar-refractivity contribution in [2.75, 3.05) is 0 Å². The Balaban J connectivity index is 1.55. The Morgan fingerprint density at radius 1 is 1.04 bits per heavy atom. The molecule has 4 aromatic heterocycles. The number of hydrogen-bond donors (Lipinski definition) is 1. The maximum atomic E-state index is 5.40. The first-order valence-corrected chi connectivity index (χ1v) is 8.54. The summed E-state index contributed by atoms with van der Waals surface area (Å²) in [5.41, 5.74) is 2.23. The molecule has 0 saturated heterocycles. The van der Waals surface area contributed by atoms with E-state index in [4.69, 9.17) is 4.52 Å². The van der Waals surface area contributed by atoms with E-state index in [1.165, 1.54) is 0 Å². The van der Waals surface area contributed by atoms with Crippen molar-refractivity contribution >= 4 is 22.1 Å². The molecule has 0 unspecified atom stereocenters. The van der Waals surface area contributed by atoms with Gasteiger partial charge in [-0.1, -0.05) is 35.5 Å². The van der Waals surface area contributed by atoms with Crippen molar-refractivity contribution in [3.8, 4) is 33.7 Å². The molecule has 4 heterocycles. The van der Waals surface area contributed by atoms with Gasteiger partial charge < -0.3 is 4.52 Å². The second-order valence-electron chi connectivity index (χ2n) is 5.45. The van der Waals surface area contributed by atoms with Gasteiger partial charge in [0.05, 0.1) is 10.6 Å². The van der Waals surface area contributed by atoms with Gasteiger partial charge >= 0.3 is 0 Å². The molecule has 0 amide bonds. The number of fused-ring (bicyclic) bond motifs is 1. The molecule has 0 spiro atoms. The minimum absolute atomic E-state index is 0.365. The molecule has 0 aliphatic rings. The van der Waals surface area contributed by atoms with E-state index >= 15 is 0 Å². The van der Waals surface area contributed by atoms with Crippen molar-refractivity contribution in [1.82, 2.24) is 25.3 Å². The van der Waals surface area contributed by atoms with Gasteiger partial charge in [0.25, 0.3) is 5.89 Å². The Labute approximate surface area is 146 Å². The van der Waals surface area contributed by atoms with Crippen molar-refractivity contribution in [1.29, 1.82) is 0 Å². The van der Waals surface area contributed by atoms with Gasteiger partial charge in [0.2, 0.25) is 5.82 Å². The summed E-state index contributed by atoms with van der Waals surface area (Å²) in [7, 11) is 0. The van der Waals surface area contributed by atoms with Crippen LogP contribution in [0.15, 0.2) is 64.6 Å². The van der Waals surface area contributed by atoms with Gasteiger partial charge in [-0.25, -0.2) is 0 Å². The van der Waals surface area contributed by atoms with Crippen LogP contribution in [-0.2, 0) is 0 Å². The second-order valence-corrected chi connectivity index (χ2v) is 6.40. The average molecular weight is 345 g/mol. The molecular formula is C18H11N5OS. The Kier molecular flexibility index (Phi) is 3.17. The van der Waals surface area contributed by atoms with Crippen molar-refractivity contribution in [2.24, 2.45) is 0 Å². The van der Waals surface area contributed by atoms with Crippen LogP contribution in [0, 0.1) is 0 Å². The van der Waals surface area contributed by atoms with Crippen LogP contribution in [0.2, 0.25) is 0 Å². The zero-order valence-electron chi connectivity index (χ0n) is 12.9.